The normalized spacial score (nSPS) is 13.8. The highest BCUT2D eigenvalue weighted by molar-refractivity contribution is 7.19. The second-order valence-corrected chi connectivity index (χ2v) is 19.8. The third-order valence-corrected chi connectivity index (χ3v) is 11.2. The third-order valence-electron chi connectivity index (χ3n) is 8.39. The largest absolute Gasteiger partial charge is 0.360 e. The zero-order chi connectivity index (χ0) is 31.5. The molecule has 6 aromatic rings. The maximum atomic E-state index is 6.02. The number of nitrogens with zero attached hydrogens (tertiary/aromatic N) is 6. The van der Waals surface area contributed by atoms with Gasteiger partial charge < -0.3 is 9.30 Å². The van der Waals surface area contributed by atoms with Crippen molar-refractivity contribution < 1.29 is 4.74 Å². The smallest absolute Gasteiger partial charge is 0.152 e. The van der Waals surface area contributed by atoms with Gasteiger partial charge in [0.05, 0.1) is 41.3 Å². The monoisotopic (exact) mass is 644 g/mol. The summed E-state index contributed by atoms with van der Waals surface area (Å²) in [6, 6.07) is 35.1. The van der Waals surface area contributed by atoms with E-state index in [1.165, 1.54) is 32.6 Å². The molecule has 46 heavy (non-hydrogen) atoms. The highest BCUT2D eigenvalue weighted by atomic mass is 32.1. The summed E-state index contributed by atoms with van der Waals surface area (Å²) in [5.41, 5.74) is 8.09. The molecule has 9 heteroatoms. The van der Waals surface area contributed by atoms with Crippen molar-refractivity contribution in [3.63, 3.8) is 0 Å². The first-order valence-electron chi connectivity index (χ1n) is 16.0. The predicted molar refractivity (Wildman–Crippen MR) is 190 cm³/mol. The quantitative estimate of drug-likeness (QED) is 0.0996. The fourth-order valence-corrected chi connectivity index (χ4v) is 7.92. The zero-order valence-electron chi connectivity index (χ0n) is 26.7. The minimum atomic E-state index is -1.14. The van der Waals surface area contributed by atoms with Crippen molar-refractivity contribution >= 4 is 36.0 Å². The van der Waals surface area contributed by atoms with Crippen molar-refractivity contribution in [3.8, 4) is 0 Å². The lowest BCUT2D eigenvalue weighted by Gasteiger charge is -2.24. The van der Waals surface area contributed by atoms with Crippen LogP contribution in [0, 0.1) is 0 Å². The Bertz CT molecular complexity index is 1920. The maximum absolute atomic E-state index is 6.02. The molecule has 4 heterocycles. The van der Waals surface area contributed by atoms with E-state index in [1.807, 2.05) is 17.1 Å². The van der Waals surface area contributed by atoms with Crippen LogP contribution < -0.4 is 0 Å². The van der Waals surface area contributed by atoms with Gasteiger partial charge in [-0.3, -0.25) is 5.01 Å². The van der Waals surface area contributed by atoms with E-state index >= 15 is 0 Å². The van der Waals surface area contributed by atoms with Crippen LogP contribution in [0.15, 0.2) is 108 Å². The molecule has 0 fully saturated rings. The van der Waals surface area contributed by atoms with Crippen molar-refractivity contribution in [2.45, 2.75) is 58.0 Å². The van der Waals surface area contributed by atoms with Crippen LogP contribution >= 0.6 is 11.3 Å². The van der Waals surface area contributed by atoms with Crippen LogP contribution in [0.2, 0.25) is 25.7 Å². The molecule has 0 N–H and O–H groups in total. The second-order valence-electron chi connectivity index (χ2n) is 13.2. The molecule has 1 aliphatic heterocycles. The Labute approximate surface area is 275 Å². The SMILES string of the molecule is C[Si](C)(C)CCOCn1ccc(C(c2ccccc2)c2nc3c(s2)c2c(n3Cc3ccccc3)CN(Cc3ccccc3)N=C2)n1. The number of hydrazone groups is 1. The minimum Gasteiger partial charge on any atom is -0.360 e. The van der Waals surface area contributed by atoms with Gasteiger partial charge in [0.15, 0.2) is 5.65 Å². The van der Waals surface area contributed by atoms with Gasteiger partial charge in [-0.25, -0.2) is 9.67 Å². The van der Waals surface area contributed by atoms with Crippen molar-refractivity contribution in [3.05, 3.63) is 142 Å². The average molecular weight is 645 g/mol. The number of hydrogen-bond acceptors (Lipinski definition) is 6. The number of thiazole rings is 1. The summed E-state index contributed by atoms with van der Waals surface area (Å²) in [5, 5.41) is 13.1. The van der Waals surface area contributed by atoms with Crippen LogP contribution in [0.5, 0.6) is 0 Å². The number of rotatable bonds is 12. The van der Waals surface area contributed by atoms with E-state index in [9.17, 15) is 0 Å². The van der Waals surface area contributed by atoms with Crippen LogP contribution in [0.3, 0.4) is 0 Å². The topological polar surface area (TPSA) is 60.5 Å². The lowest BCUT2D eigenvalue weighted by molar-refractivity contribution is 0.0783. The molecule has 1 unspecified atom stereocenters. The molecule has 0 bridgehead atoms. The molecule has 0 spiro atoms. The predicted octanol–water partition coefficient (Wildman–Crippen LogP) is 8.18. The Morgan fingerprint density at radius 3 is 2.22 bits per heavy atom. The summed E-state index contributed by atoms with van der Waals surface area (Å²) < 4.78 is 11.5. The average Bonchev–Trinajstić information content (AvgIpc) is 3.77. The molecule has 234 valence electrons. The van der Waals surface area contributed by atoms with Crippen LogP contribution in [0.1, 0.15) is 44.6 Å². The van der Waals surface area contributed by atoms with E-state index in [4.69, 9.17) is 19.9 Å². The summed E-state index contributed by atoms with van der Waals surface area (Å²) in [4.78, 5) is 5.41. The fourth-order valence-electron chi connectivity index (χ4n) is 5.92. The summed E-state index contributed by atoms with van der Waals surface area (Å²) in [5.74, 6) is -0.0854. The van der Waals surface area contributed by atoms with E-state index < -0.39 is 8.07 Å². The Morgan fingerprint density at radius 1 is 0.848 bits per heavy atom. The van der Waals surface area contributed by atoms with Crippen molar-refractivity contribution in [1.82, 2.24) is 24.3 Å². The van der Waals surface area contributed by atoms with Gasteiger partial charge in [-0.2, -0.15) is 10.2 Å². The molecular weight excluding hydrogens is 605 g/mol. The molecule has 0 aliphatic carbocycles. The number of ether oxygens (including phenoxy) is 1. The summed E-state index contributed by atoms with van der Waals surface area (Å²) in [6.07, 6.45) is 4.07. The number of aromatic nitrogens is 4. The molecule has 1 aliphatic rings. The van der Waals surface area contributed by atoms with Crippen molar-refractivity contribution in [1.29, 1.82) is 0 Å². The Kier molecular flexibility index (Phi) is 8.71. The molecule has 0 saturated heterocycles. The van der Waals surface area contributed by atoms with Crippen LogP contribution in [-0.4, -0.2) is 45.2 Å². The molecule has 7 nitrogen and oxygen atoms in total. The van der Waals surface area contributed by atoms with Gasteiger partial charge in [-0.05, 0) is 28.8 Å². The first-order valence-corrected chi connectivity index (χ1v) is 20.5. The molecule has 7 rings (SSSR count). The molecular formula is C37H40N6OSSi. The highest BCUT2D eigenvalue weighted by Crippen LogP contribution is 2.40. The van der Waals surface area contributed by atoms with Gasteiger partial charge in [-0.15, -0.1) is 11.3 Å². The molecule has 3 aromatic heterocycles. The second kappa shape index (κ2) is 13.2. The first kappa shape index (κ1) is 30.3. The highest BCUT2D eigenvalue weighted by Gasteiger charge is 2.29. The fraction of sp³-hybridized carbons (Fsp3) is 0.270. The molecule has 0 saturated carbocycles. The van der Waals surface area contributed by atoms with Crippen LogP contribution in [0.25, 0.3) is 10.3 Å². The van der Waals surface area contributed by atoms with Crippen LogP contribution in [-0.2, 0) is 31.1 Å². The zero-order valence-corrected chi connectivity index (χ0v) is 28.5. The Morgan fingerprint density at radius 2 is 1.52 bits per heavy atom. The van der Waals surface area contributed by atoms with Gasteiger partial charge in [0.25, 0.3) is 0 Å². The summed E-state index contributed by atoms with van der Waals surface area (Å²) in [6.45, 7) is 10.6. The van der Waals surface area contributed by atoms with Crippen molar-refractivity contribution in [2.24, 2.45) is 5.10 Å². The maximum Gasteiger partial charge on any atom is 0.152 e. The standard InChI is InChI=1S/C37H40N6OSSi/c1-46(2,3)22-21-44-27-41-20-19-32(40-41)34(30-17-11-6-12-18-30)37-39-36-35(45-37)31-23-38-42(24-28-13-7-4-8-14-28)26-33(31)43(36)25-29-15-9-5-10-16-29/h4-20,23,34H,21-22,24-27H2,1-3H3. The molecule has 1 atom stereocenters. The third kappa shape index (κ3) is 6.77. The van der Waals surface area contributed by atoms with Gasteiger partial charge in [-0.1, -0.05) is 111 Å². The number of hydrogen-bond donors (Lipinski definition) is 0. The Hall–Kier alpha value is -4.31. The van der Waals surface area contributed by atoms with Gasteiger partial charge in [0.1, 0.15) is 11.7 Å². The number of benzene rings is 3. The lowest BCUT2D eigenvalue weighted by Crippen LogP contribution is -2.23. The van der Waals surface area contributed by atoms with Gasteiger partial charge in [0, 0.05) is 33.0 Å². The van der Waals surface area contributed by atoms with E-state index in [1.54, 1.807) is 11.3 Å². The first-order chi connectivity index (χ1) is 22.4. The van der Waals surface area contributed by atoms with E-state index in [2.05, 4.69) is 126 Å². The van der Waals surface area contributed by atoms with Crippen LogP contribution in [0.4, 0.5) is 0 Å². The van der Waals surface area contributed by atoms with E-state index in [0.29, 0.717) is 6.73 Å². The summed E-state index contributed by atoms with van der Waals surface area (Å²) in [7, 11) is -1.14. The lowest BCUT2D eigenvalue weighted by atomic mass is 9.96. The van der Waals surface area contributed by atoms with E-state index in [-0.39, 0.29) is 5.92 Å². The summed E-state index contributed by atoms with van der Waals surface area (Å²) >= 11 is 1.76. The Balaban J connectivity index is 1.24. The van der Waals surface area contributed by atoms with Crippen molar-refractivity contribution in [2.75, 3.05) is 6.61 Å². The van der Waals surface area contributed by atoms with Gasteiger partial charge in [0.2, 0.25) is 0 Å². The minimum absolute atomic E-state index is 0.0854. The molecule has 0 amide bonds. The molecule has 3 aromatic carbocycles. The number of fused-ring (bicyclic) bond motifs is 3. The van der Waals surface area contributed by atoms with E-state index in [0.717, 1.165) is 48.6 Å². The van der Waals surface area contributed by atoms with Gasteiger partial charge >= 0.3 is 0 Å². The molecule has 0 radical (unpaired) electrons.